The number of aromatic carboxylic acids is 1. The Morgan fingerprint density at radius 1 is 1.41 bits per heavy atom. The van der Waals surface area contributed by atoms with Gasteiger partial charge in [-0.1, -0.05) is 15.9 Å². The van der Waals surface area contributed by atoms with Gasteiger partial charge < -0.3 is 14.3 Å². The average molecular weight is 298 g/mol. The number of rotatable bonds is 4. The minimum absolute atomic E-state index is 0.141. The Morgan fingerprint density at radius 3 is 2.71 bits per heavy atom. The van der Waals surface area contributed by atoms with E-state index in [0.717, 1.165) is 4.47 Å². The molecule has 0 bridgehead atoms. The molecule has 0 aliphatic heterocycles. The van der Waals surface area contributed by atoms with E-state index in [0.29, 0.717) is 11.5 Å². The van der Waals surface area contributed by atoms with Gasteiger partial charge in [0.25, 0.3) is 0 Å². The number of halogens is 1. The average Bonchev–Trinajstić information content (AvgIpc) is 2.77. The number of hydrogen-bond acceptors (Lipinski definition) is 4. The summed E-state index contributed by atoms with van der Waals surface area (Å²) in [6.07, 6.45) is 1.34. The van der Waals surface area contributed by atoms with Crippen molar-refractivity contribution in [1.29, 1.82) is 0 Å². The zero-order chi connectivity index (χ0) is 12.3. The van der Waals surface area contributed by atoms with Crippen molar-refractivity contribution in [3.8, 4) is 5.75 Å². The second kappa shape index (κ2) is 5.01. The van der Waals surface area contributed by atoms with E-state index < -0.39 is 5.97 Å². The lowest BCUT2D eigenvalue weighted by molar-refractivity contribution is 0.0649. The number of carbonyl (C=O) groups is 1. The SMILES string of the molecule is O=C(O)c1ncc(COc2ccc(Br)cc2)o1. The first-order valence-electron chi connectivity index (χ1n) is 4.71. The second-order valence-electron chi connectivity index (χ2n) is 3.18. The number of nitrogens with zero attached hydrogens (tertiary/aromatic N) is 1. The number of carboxylic acid groups (broad SMARTS) is 1. The molecule has 0 fully saturated rings. The van der Waals surface area contributed by atoms with E-state index in [4.69, 9.17) is 14.3 Å². The van der Waals surface area contributed by atoms with Crippen LogP contribution in [0.5, 0.6) is 5.75 Å². The molecule has 1 N–H and O–H groups in total. The van der Waals surface area contributed by atoms with E-state index in [2.05, 4.69) is 20.9 Å². The zero-order valence-corrected chi connectivity index (χ0v) is 10.2. The summed E-state index contributed by atoms with van der Waals surface area (Å²) in [5.41, 5.74) is 0. The van der Waals surface area contributed by atoms with E-state index >= 15 is 0 Å². The molecular formula is C11H8BrNO4. The number of carboxylic acids is 1. The van der Waals surface area contributed by atoms with E-state index in [1.165, 1.54) is 6.20 Å². The molecule has 6 heteroatoms. The van der Waals surface area contributed by atoms with Gasteiger partial charge in [0, 0.05) is 4.47 Å². The summed E-state index contributed by atoms with van der Waals surface area (Å²) in [5.74, 6) is -0.494. The maximum absolute atomic E-state index is 10.5. The smallest absolute Gasteiger partial charge is 0.392 e. The van der Waals surface area contributed by atoms with Gasteiger partial charge in [-0.25, -0.2) is 9.78 Å². The van der Waals surface area contributed by atoms with E-state index in [9.17, 15) is 4.79 Å². The molecule has 0 radical (unpaired) electrons. The first-order valence-corrected chi connectivity index (χ1v) is 5.51. The third kappa shape index (κ3) is 3.07. The number of oxazole rings is 1. The largest absolute Gasteiger partial charge is 0.486 e. The van der Waals surface area contributed by atoms with Gasteiger partial charge in [0.15, 0.2) is 5.76 Å². The highest BCUT2D eigenvalue weighted by molar-refractivity contribution is 9.10. The highest BCUT2D eigenvalue weighted by Crippen LogP contribution is 2.17. The molecule has 2 aromatic rings. The van der Waals surface area contributed by atoms with Crippen LogP contribution in [-0.4, -0.2) is 16.1 Å². The molecule has 5 nitrogen and oxygen atoms in total. The van der Waals surface area contributed by atoms with Crippen molar-refractivity contribution in [1.82, 2.24) is 4.98 Å². The Kier molecular flexibility index (Phi) is 3.43. The van der Waals surface area contributed by atoms with Crippen LogP contribution in [-0.2, 0) is 6.61 Å². The van der Waals surface area contributed by atoms with Crippen LogP contribution in [0.1, 0.15) is 16.4 Å². The van der Waals surface area contributed by atoms with Crippen LogP contribution in [0.2, 0.25) is 0 Å². The van der Waals surface area contributed by atoms with Crippen LogP contribution in [0.3, 0.4) is 0 Å². The summed E-state index contributed by atoms with van der Waals surface area (Å²) >= 11 is 3.31. The molecule has 0 aliphatic carbocycles. The predicted octanol–water partition coefficient (Wildman–Crippen LogP) is 2.71. The van der Waals surface area contributed by atoms with Gasteiger partial charge in [0.1, 0.15) is 12.4 Å². The summed E-state index contributed by atoms with van der Waals surface area (Å²) in [4.78, 5) is 14.1. The van der Waals surface area contributed by atoms with E-state index in [-0.39, 0.29) is 12.5 Å². The van der Waals surface area contributed by atoms with Crippen LogP contribution in [0.4, 0.5) is 0 Å². The monoisotopic (exact) mass is 297 g/mol. The fourth-order valence-corrected chi connectivity index (χ4v) is 1.42. The molecule has 1 aromatic heterocycles. The Hall–Kier alpha value is -1.82. The normalized spacial score (nSPS) is 10.2. The third-order valence-corrected chi connectivity index (χ3v) is 2.46. The molecule has 17 heavy (non-hydrogen) atoms. The van der Waals surface area contributed by atoms with E-state index in [1.54, 1.807) is 12.1 Å². The molecule has 0 saturated heterocycles. The van der Waals surface area contributed by atoms with Gasteiger partial charge in [-0.15, -0.1) is 0 Å². The van der Waals surface area contributed by atoms with Gasteiger partial charge in [0.05, 0.1) is 6.20 Å². The summed E-state index contributed by atoms with van der Waals surface area (Å²) < 4.78 is 11.3. The molecule has 2 rings (SSSR count). The fraction of sp³-hybridized carbons (Fsp3) is 0.0909. The number of ether oxygens (including phenoxy) is 1. The summed E-state index contributed by atoms with van der Waals surface area (Å²) in [5, 5.41) is 8.61. The molecule has 1 heterocycles. The topological polar surface area (TPSA) is 72.6 Å². The van der Waals surface area contributed by atoms with Crippen molar-refractivity contribution in [2.24, 2.45) is 0 Å². The van der Waals surface area contributed by atoms with Crippen molar-refractivity contribution in [2.75, 3.05) is 0 Å². The molecular weight excluding hydrogens is 290 g/mol. The van der Waals surface area contributed by atoms with Gasteiger partial charge in [0.2, 0.25) is 0 Å². The Labute approximate surface area is 105 Å². The maximum atomic E-state index is 10.5. The van der Waals surface area contributed by atoms with Gasteiger partial charge in [-0.2, -0.15) is 0 Å². The quantitative estimate of drug-likeness (QED) is 0.939. The highest BCUT2D eigenvalue weighted by atomic mass is 79.9. The first-order chi connectivity index (χ1) is 8.15. The van der Waals surface area contributed by atoms with Crippen LogP contribution in [0.15, 0.2) is 39.4 Å². The molecule has 0 amide bonds. The van der Waals surface area contributed by atoms with Gasteiger partial charge >= 0.3 is 11.9 Å². The molecule has 0 saturated carbocycles. The lowest BCUT2D eigenvalue weighted by atomic mass is 10.3. The molecule has 0 atom stereocenters. The minimum Gasteiger partial charge on any atom is -0.486 e. The zero-order valence-electron chi connectivity index (χ0n) is 8.59. The lowest BCUT2D eigenvalue weighted by Crippen LogP contribution is -1.95. The van der Waals surface area contributed by atoms with Crippen LogP contribution in [0, 0.1) is 0 Å². The number of benzene rings is 1. The van der Waals surface area contributed by atoms with Gasteiger partial charge in [-0.05, 0) is 24.3 Å². The standard InChI is InChI=1S/C11H8BrNO4/c12-7-1-3-8(4-2-7)16-6-9-5-13-10(17-9)11(14)15/h1-5H,6H2,(H,14,15). The molecule has 0 aliphatic rings. The summed E-state index contributed by atoms with van der Waals surface area (Å²) in [6.45, 7) is 0.141. The van der Waals surface area contributed by atoms with Crippen LogP contribution >= 0.6 is 15.9 Å². The Balaban J connectivity index is 1.97. The van der Waals surface area contributed by atoms with E-state index in [1.807, 2.05) is 12.1 Å². The lowest BCUT2D eigenvalue weighted by Gasteiger charge is -2.03. The highest BCUT2D eigenvalue weighted by Gasteiger charge is 2.11. The third-order valence-electron chi connectivity index (χ3n) is 1.93. The molecule has 88 valence electrons. The number of aromatic nitrogens is 1. The maximum Gasteiger partial charge on any atom is 0.392 e. The minimum atomic E-state index is -1.19. The second-order valence-corrected chi connectivity index (χ2v) is 4.10. The van der Waals surface area contributed by atoms with Crippen molar-refractivity contribution < 1.29 is 19.1 Å². The fourth-order valence-electron chi connectivity index (χ4n) is 1.16. The number of hydrogen-bond donors (Lipinski definition) is 1. The van der Waals surface area contributed by atoms with Crippen molar-refractivity contribution in [2.45, 2.75) is 6.61 Å². The Bertz CT molecular complexity index is 521. The van der Waals surface area contributed by atoms with Crippen molar-refractivity contribution in [3.63, 3.8) is 0 Å². The van der Waals surface area contributed by atoms with Crippen LogP contribution in [0.25, 0.3) is 0 Å². The van der Waals surface area contributed by atoms with Gasteiger partial charge in [-0.3, -0.25) is 0 Å². The van der Waals surface area contributed by atoms with Crippen molar-refractivity contribution in [3.05, 3.63) is 46.6 Å². The molecule has 0 unspecified atom stereocenters. The van der Waals surface area contributed by atoms with Crippen molar-refractivity contribution >= 4 is 21.9 Å². The summed E-state index contributed by atoms with van der Waals surface area (Å²) in [7, 11) is 0. The molecule has 0 spiro atoms. The predicted molar refractivity (Wildman–Crippen MR) is 61.9 cm³/mol. The summed E-state index contributed by atoms with van der Waals surface area (Å²) in [6, 6.07) is 7.27. The Morgan fingerprint density at radius 2 is 2.12 bits per heavy atom. The van der Waals surface area contributed by atoms with Crippen LogP contribution < -0.4 is 4.74 Å². The molecule has 1 aromatic carbocycles. The first kappa shape index (κ1) is 11.7.